The van der Waals surface area contributed by atoms with Crippen molar-refractivity contribution in [3.8, 4) is 0 Å². The van der Waals surface area contributed by atoms with E-state index in [0.29, 0.717) is 5.69 Å². The smallest absolute Gasteiger partial charge is 0.337 e. The molecule has 0 bridgehead atoms. The fourth-order valence-corrected chi connectivity index (χ4v) is 4.70. The lowest BCUT2D eigenvalue weighted by molar-refractivity contribution is -0.114. The van der Waals surface area contributed by atoms with Crippen LogP contribution in [0, 0.1) is 0 Å². The lowest BCUT2D eigenvalue weighted by Gasteiger charge is -2.24. The number of carbonyl (C=O) groups excluding carboxylic acids is 2. The van der Waals surface area contributed by atoms with Crippen molar-refractivity contribution in [3.63, 3.8) is 0 Å². The maximum Gasteiger partial charge on any atom is 0.337 e. The number of hydrogen-bond acceptors (Lipinski definition) is 5. The Labute approximate surface area is 199 Å². The zero-order valence-electron chi connectivity index (χ0n) is 16.8. The van der Waals surface area contributed by atoms with E-state index < -0.39 is 28.4 Å². The number of benzene rings is 3. The number of esters is 1. The van der Waals surface area contributed by atoms with Gasteiger partial charge in [-0.2, -0.15) is 0 Å². The van der Waals surface area contributed by atoms with Crippen molar-refractivity contribution in [1.29, 1.82) is 0 Å². The highest BCUT2D eigenvalue weighted by atomic mass is 79.9. The quantitative estimate of drug-likeness (QED) is 0.440. The van der Waals surface area contributed by atoms with Gasteiger partial charge in [-0.25, -0.2) is 13.2 Å². The maximum absolute atomic E-state index is 13.3. The van der Waals surface area contributed by atoms with Crippen LogP contribution < -0.4 is 9.62 Å². The Bertz CT molecular complexity index is 1230. The zero-order valence-corrected chi connectivity index (χ0v) is 19.9. The van der Waals surface area contributed by atoms with Gasteiger partial charge in [0.15, 0.2) is 0 Å². The van der Waals surface area contributed by atoms with Gasteiger partial charge in [0.1, 0.15) is 6.54 Å². The van der Waals surface area contributed by atoms with Crippen LogP contribution in [0.1, 0.15) is 10.4 Å². The number of hydrogen-bond donors (Lipinski definition) is 1. The molecular weight excluding hydrogens is 520 g/mol. The Morgan fingerprint density at radius 3 is 2.31 bits per heavy atom. The first-order valence-electron chi connectivity index (χ1n) is 9.23. The van der Waals surface area contributed by atoms with Crippen molar-refractivity contribution in [2.75, 3.05) is 23.3 Å². The fraction of sp³-hybridized carbons (Fsp3) is 0.0909. The molecule has 166 valence electrons. The van der Waals surface area contributed by atoms with Crippen LogP contribution >= 0.6 is 27.5 Å². The molecule has 7 nitrogen and oxygen atoms in total. The molecule has 3 aromatic rings. The monoisotopic (exact) mass is 536 g/mol. The van der Waals surface area contributed by atoms with Gasteiger partial charge in [-0.15, -0.1) is 0 Å². The van der Waals surface area contributed by atoms with Crippen LogP contribution in [0.25, 0.3) is 0 Å². The first kappa shape index (κ1) is 23.8. The van der Waals surface area contributed by atoms with E-state index in [-0.39, 0.29) is 21.2 Å². The summed E-state index contributed by atoms with van der Waals surface area (Å²) in [6.45, 7) is -0.516. The summed E-state index contributed by atoms with van der Waals surface area (Å²) in [5.41, 5.74) is 0.655. The number of amides is 1. The second-order valence-electron chi connectivity index (χ2n) is 6.54. The molecule has 32 heavy (non-hydrogen) atoms. The zero-order chi connectivity index (χ0) is 23.3. The number of carbonyl (C=O) groups is 2. The molecule has 0 aliphatic carbocycles. The topological polar surface area (TPSA) is 92.8 Å². The molecule has 0 heterocycles. The van der Waals surface area contributed by atoms with Crippen molar-refractivity contribution in [2.45, 2.75) is 4.90 Å². The molecule has 0 unspecified atom stereocenters. The van der Waals surface area contributed by atoms with E-state index in [1.807, 2.05) is 0 Å². The molecule has 0 fully saturated rings. The van der Waals surface area contributed by atoms with Gasteiger partial charge in [-0.1, -0.05) is 45.7 Å². The molecule has 0 saturated heterocycles. The van der Waals surface area contributed by atoms with E-state index in [1.165, 1.54) is 37.4 Å². The molecule has 0 atom stereocenters. The number of sulfonamides is 1. The van der Waals surface area contributed by atoms with Gasteiger partial charge in [0.05, 0.1) is 34.0 Å². The van der Waals surface area contributed by atoms with Crippen LogP contribution in [-0.4, -0.2) is 33.9 Å². The normalized spacial score (nSPS) is 11.0. The summed E-state index contributed by atoms with van der Waals surface area (Å²) in [5.74, 6) is -1.24. The third-order valence-corrected chi connectivity index (χ3v) is 7.04. The average molecular weight is 538 g/mol. The van der Waals surface area contributed by atoms with Gasteiger partial charge in [0.25, 0.3) is 10.0 Å². The Balaban J connectivity index is 1.93. The van der Waals surface area contributed by atoms with Gasteiger partial charge in [0, 0.05) is 4.47 Å². The predicted octanol–water partition coefficient (Wildman–Crippen LogP) is 4.72. The lowest BCUT2D eigenvalue weighted by Crippen LogP contribution is -2.38. The third-order valence-electron chi connectivity index (χ3n) is 4.39. The molecule has 1 N–H and O–H groups in total. The van der Waals surface area contributed by atoms with Gasteiger partial charge in [-0.3, -0.25) is 9.10 Å². The lowest BCUT2D eigenvalue weighted by atomic mass is 10.2. The van der Waals surface area contributed by atoms with Crippen molar-refractivity contribution in [2.24, 2.45) is 0 Å². The van der Waals surface area contributed by atoms with Gasteiger partial charge >= 0.3 is 5.97 Å². The molecule has 1 amide bonds. The highest BCUT2D eigenvalue weighted by molar-refractivity contribution is 9.10. The summed E-state index contributed by atoms with van der Waals surface area (Å²) >= 11 is 9.46. The minimum atomic E-state index is -4.04. The Kier molecular flexibility index (Phi) is 7.55. The number of methoxy groups -OCH3 is 1. The molecular formula is C22H18BrClN2O5S. The van der Waals surface area contributed by atoms with Gasteiger partial charge in [0.2, 0.25) is 5.91 Å². The SMILES string of the molecule is COC(=O)c1ccc(Cl)c(NC(=O)CN(c2ccc(Br)cc2)S(=O)(=O)c2ccccc2)c1. The summed E-state index contributed by atoms with van der Waals surface area (Å²) in [4.78, 5) is 24.7. The summed E-state index contributed by atoms with van der Waals surface area (Å²) in [7, 11) is -2.80. The minimum Gasteiger partial charge on any atom is -0.465 e. The van der Waals surface area contributed by atoms with Crippen LogP contribution in [0.5, 0.6) is 0 Å². The number of halogens is 2. The number of nitrogens with one attached hydrogen (secondary N) is 1. The number of anilines is 2. The minimum absolute atomic E-state index is 0.0430. The largest absolute Gasteiger partial charge is 0.465 e. The van der Waals surface area contributed by atoms with E-state index in [0.717, 1.165) is 8.78 Å². The van der Waals surface area contributed by atoms with E-state index in [1.54, 1.807) is 42.5 Å². The molecule has 0 aliphatic heterocycles. The molecule has 3 rings (SSSR count). The average Bonchev–Trinajstić information content (AvgIpc) is 2.79. The van der Waals surface area contributed by atoms with Crippen molar-refractivity contribution in [1.82, 2.24) is 0 Å². The van der Waals surface area contributed by atoms with E-state index >= 15 is 0 Å². The van der Waals surface area contributed by atoms with Crippen molar-refractivity contribution >= 4 is 60.8 Å². The number of nitrogens with zero attached hydrogens (tertiary/aromatic N) is 1. The summed E-state index contributed by atoms with van der Waals surface area (Å²) in [6, 6.07) is 18.6. The summed E-state index contributed by atoms with van der Waals surface area (Å²) < 4.78 is 33.0. The van der Waals surface area contributed by atoms with E-state index in [9.17, 15) is 18.0 Å². The van der Waals surface area contributed by atoms with Crippen molar-refractivity contribution in [3.05, 3.63) is 87.9 Å². The van der Waals surface area contributed by atoms with Crippen LogP contribution in [0.4, 0.5) is 11.4 Å². The van der Waals surface area contributed by atoms with Crippen LogP contribution in [0.2, 0.25) is 5.02 Å². The maximum atomic E-state index is 13.3. The molecule has 0 spiro atoms. The van der Waals surface area contributed by atoms with E-state index in [4.69, 9.17) is 11.6 Å². The Morgan fingerprint density at radius 2 is 1.69 bits per heavy atom. The Morgan fingerprint density at radius 1 is 1.03 bits per heavy atom. The predicted molar refractivity (Wildman–Crippen MR) is 127 cm³/mol. The van der Waals surface area contributed by atoms with Gasteiger partial charge in [-0.05, 0) is 54.6 Å². The van der Waals surface area contributed by atoms with Crippen molar-refractivity contribution < 1.29 is 22.7 Å². The highest BCUT2D eigenvalue weighted by Gasteiger charge is 2.27. The Hall–Kier alpha value is -2.88. The number of rotatable bonds is 7. The standard InChI is InChI=1S/C22H18BrClN2O5S/c1-31-22(28)15-7-12-19(24)20(13-15)25-21(27)14-26(17-10-8-16(23)9-11-17)32(29,30)18-5-3-2-4-6-18/h2-13H,14H2,1H3,(H,25,27). The number of ether oxygens (including phenoxy) is 1. The molecule has 0 aliphatic rings. The highest BCUT2D eigenvalue weighted by Crippen LogP contribution is 2.27. The summed E-state index contributed by atoms with van der Waals surface area (Å²) in [6.07, 6.45) is 0. The second-order valence-corrected chi connectivity index (χ2v) is 9.72. The summed E-state index contributed by atoms with van der Waals surface area (Å²) in [5, 5.41) is 2.76. The van der Waals surface area contributed by atoms with E-state index in [2.05, 4.69) is 26.0 Å². The molecule has 3 aromatic carbocycles. The molecule has 10 heteroatoms. The fourth-order valence-electron chi connectivity index (χ4n) is 2.83. The second kappa shape index (κ2) is 10.2. The third kappa shape index (κ3) is 5.48. The van der Waals surface area contributed by atoms with Crippen LogP contribution in [0.15, 0.2) is 82.2 Å². The molecule has 0 aromatic heterocycles. The van der Waals surface area contributed by atoms with Crippen LogP contribution in [0.3, 0.4) is 0 Å². The molecule has 0 saturated carbocycles. The molecule has 0 radical (unpaired) electrons. The van der Waals surface area contributed by atoms with Crippen LogP contribution in [-0.2, 0) is 19.6 Å². The first-order valence-corrected chi connectivity index (χ1v) is 11.8. The first-order chi connectivity index (χ1) is 15.2. The van der Waals surface area contributed by atoms with Gasteiger partial charge < -0.3 is 10.1 Å².